The maximum Gasteiger partial charge on any atom is 0.191 e. The van der Waals surface area contributed by atoms with Crippen molar-refractivity contribution in [2.45, 2.75) is 31.8 Å². The molecule has 0 bridgehead atoms. The van der Waals surface area contributed by atoms with Gasteiger partial charge in [0.25, 0.3) is 0 Å². The normalized spacial score (nSPS) is 19.3. The molecule has 6 heteroatoms. The van der Waals surface area contributed by atoms with E-state index in [1.165, 1.54) is 5.56 Å². The fourth-order valence-corrected chi connectivity index (χ4v) is 2.84. The highest BCUT2D eigenvalue weighted by Gasteiger charge is 2.38. The third kappa shape index (κ3) is 5.44. The van der Waals surface area contributed by atoms with E-state index in [0.717, 1.165) is 29.1 Å². The van der Waals surface area contributed by atoms with Gasteiger partial charge in [-0.1, -0.05) is 34.1 Å². The lowest BCUT2D eigenvalue weighted by molar-refractivity contribution is 0.792. The Kier molecular flexibility index (Phi) is 7.48. The number of rotatable bonds is 5. The first-order valence-electron chi connectivity index (χ1n) is 7.96. The largest absolute Gasteiger partial charge is 0.357 e. The van der Waals surface area contributed by atoms with Gasteiger partial charge in [0.1, 0.15) is 0 Å². The molecule has 3 rings (SSSR count). The number of aliphatic imine (C=N–C) groups is 1. The zero-order valence-corrected chi connectivity index (χ0v) is 17.5. The second kappa shape index (κ2) is 9.36. The van der Waals surface area contributed by atoms with Crippen molar-refractivity contribution in [1.82, 2.24) is 15.6 Å². The summed E-state index contributed by atoms with van der Waals surface area (Å²) < 4.78 is 1.12. The topological polar surface area (TPSA) is 49.3 Å². The minimum atomic E-state index is 0. The fraction of sp³-hybridized carbons (Fsp3) is 0.333. The number of guanidine groups is 1. The van der Waals surface area contributed by atoms with Crippen LogP contribution in [0.5, 0.6) is 0 Å². The van der Waals surface area contributed by atoms with Gasteiger partial charge in [-0.2, -0.15) is 0 Å². The van der Waals surface area contributed by atoms with E-state index in [-0.39, 0.29) is 24.0 Å². The molecule has 1 aromatic heterocycles. The lowest BCUT2D eigenvalue weighted by atomic mass is 10.1. The summed E-state index contributed by atoms with van der Waals surface area (Å²) in [4.78, 5) is 8.94. The maximum atomic E-state index is 4.63. The highest BCUT2D eigenvalue weighted by atomic mass is 127. The van der Waals surface area contributed by atoms with Crippen molar-refractivity contribution in [3.63, 3.8) is 0 Å². The first-order chi connectivity index (χ1) is 11.3. The van der Waals surface area contributed by atoms with Crippen LogP contribution in [0.15, 0.2) is 58.1 Å². The summed E-state index contributed by atoms with van der Waals surface area (Å²) in [5, 5.41) is 6.83. The number of benzene rings is 1. The molecule has 4 nitrogen and oxygen atoms in total. The van der Waals surface area contributed by atoms with Gasteiger partial charge in [-0.25, -0.2) is 4.99 Å². The lowest BCUT2D eigenvalue weighted by Crippen LogP contribution is -2.39. The molecular formula is C18H22BrIN4. The van der Waals surface area contributed by atoms with Crippen LogP contribution in [0.4, 0.5) is 0 Å². The summed E-state index contributed by atoms with van der Waals surface area (Å²) >= 11 is 3.48. The predicted octanol–water partition coefficient (Wildman–Crippen LogP) is 4.07. The molecule has 0 aliphatic heterocycles. The number of aromatic nitrogens is 1. The Bertz CT molecular complexity index is 660. The Balaban J connectivity index is 0.00000208. The maximum absolute atomic E-state index is 4.63. The highest BCUT2D eigenvalue weighted by molar-refractivity contribution is 14.0. The number of nitrogens with one attached hydrogen (secondary N) is 2. The predicted molar refractivity (Wildman–Crippen MR) is 113 cm³/mol. The Hall–Kier alpha value is -1.15. The minimum absolute atomic E-state index is 0. The molecule has 0 amide bonds. The molecule has 1 aromatic carbocycles. The van der Waals surface area contributed by atoms with Gasteiger partial charge < -0.3 is 10.6 Å². The van der Waals surface area contributed by atoms with Crippen molar-refractivity contribution in [3.05, 3.63) is 64.4 Å². The number of nitrogens with zero attached hydrogens (tertiary/aromatic N) is 2. The molecule has 2 aromatic rings. The molecule has 2 unspecified atom stereocenters. The van der Waals surface area contributed by atoms with E-state index < -0.39 is 0 Å². The van der Waals surface area contributed by atoms with Crippen molar-refractivity contribution in [2.24, 2.45) is 4.99 Å². The number of pyridine rings is 1. The van der Waals surface area contributed by atoms with E-state index in [4.69, 9.17) is 0 Å². The molecule has 24 heavy (non-hydrogen) atoms. The SMILES string of the molecule is CCNC(=NCc1ccccn1)NC1CC1c1ccc(Br)cc1.I. The monoisotopic (exact) mass is 500 g/mol. The van der Waals surface area contributed by atoms with Crippen molar-refractivity contribution >= 4 is 45.9 Å². The van der Waals surface area contributed by atoms with E-state index in [0.29, 0.717) is 18.5 Å². The van der Waals surface area contributed by atoms with Crippen molar-refractivity contribution in [3.8, 4) is 0 Å². The van der Waals surface area contributed by atoms with Crippen molar-refractivity contribution in [1.29, 1.82) is 0 Å². The van der Waals surface area contributed by atoms with E-state index in [1.54, 1.807) is 6.20 Å². The van der Waals surface area contributed by atoms with Crippen LogP contribution in [0.1, 0.15) is 30.5 Å². The Labute approximate surface area is 168 Å². The quantitative estimate of drug-likeness (QED) is 0.369. The van der Waals surface area contributed by atoms with Gasteiger partial charge in [-0.15, -0.1) is 24.0 Å². The molecule has 0 radical (unpaired) electrons. The molecule has 128 valence electrons. The molecule has 0 saturated heterocycles. The van der Waals surface area contributed by atoms with E-state index >= 15 is 0 Å². The van der Waals surface area contributed by atoms with Crippen LogP contribution in [-0.2, 0) is 6.54 Å². The molecule has 1 aliphatic carbocycles. The van der Waals surface area contributed by atoms with Gasteiger partial charge in [0.05, 0.1) is 12.2 Å². The van der Waals surface area contributed by atoms with Crippen LogP contribution in [0.2, 0.25) is 0 Å². The van der Waals surface area contributed by atoms with Crippen molar-refractivity contribution < 1.29 is 0 Å². The van der Waals surface area contributed by atoms with Crippen LogP contribution < -0.4 is 10.6 Å². The standard InChI is InChI=1S/C18H21BrN4.HI/c1-2-20-18(22-12-15-5-3-4-10-21-15)23-17-11-16(17)13-6-8-14(19)9-7-13;/h3-10,16-17H,2,11-12H2,1H3,(H2,20,22,23);1H. The molecular weight excluding hydrogens is 479 g/mol. The third-order valence-electron chi connectivity index (χ3n) is 3.88. The van der Waals surface area contributed by atoms with E-state index in [9.17, 15) is 0 Å². The molecule has 0 spiro atoms. The zero-order chi connectivity index (χ0) is 16.1. The summed E-state index contributed by atoms with van der Waals surface area (Å²) in [6.07, 6.45) is 2.95. The summed E-state index contributed by atoms with van der Waals surface area (Å²) in [7, 11) is 0. The summed E-state index contributed by atoms with van der Waals surface area (Å²) in [5.74, 6) is 1.43. The first-order valence-corrected chi connectivity index (χ1v) is 8.76. The first kappa shape index (κ1) is 19.2. The van der Waals surface area contributed by atoms with Gasteiger partial charge in [-0.05, 0) is 43.2 Å². The molecule has 1 aliphatic rings. The summed E-state index contributed by atoms with van der Waals surface area (Å²) in [5.41, 5.74) is 2.36. The van der Waals surface area contributed by atoms with Gasteiger partial charge >= 0.3 is 0 Å². The summed E-state index contributed by atoms with van der Waals surface area (Å²) in [6.45, 7) is 3.52. The van der Waals surface area contributed by atoms with Gasteiger partial charge in [0.15, 0.2) is 5.96 Å². The Morgan fingerprint density at radius 3 is 2.71 bits per heavy atom. The minimum Gasteiger partial charge on any atom is -0.357 e. The zero-order valence-electron chi connectivity index (χ0n) is 13.6. The van der Waals surface area contributed by atoms with E-state index in [1.807, 2.05) is 18.2 Å². The molecule has 1 fully saturated rings. The van der Waals surface area contributed by atoms with Crippen LogP contribution in [0, 0.1) is 0 Å². The van der Waals surface area contributed by atoms with Crippen LogP contribution in [0.3, 0.4) is 0 Å². The van der Waals surface area contributed by atoms with Gasteiger partial charge in [-0.3, -0.25) is 4.98 Å². The van der Waals surface area contributed by atoms with Crippen LogP contribution in [-0.4, -0.2) is 23.5 Å². The second-order valence-corrected chi connectivity index (χ2v) is 6.58. The smallest absolute Gasteiger partial charge is 0.191 e. The van der Waals surface area contributed by atoms with Gasteiger partial charge in [0, 0.05) is 29.2 Å². The molecule has 1 saturated carbocycles. The van der Waals surface area contributed by atoms with Crippen molar-refractivity contribution in [2.75, 3.05) is 6.54 Å². The summed E-state index contributed by atoms with van der Waals surface area (Å²) in [6, 6.07) is 14.9. The Morgan fingerprint density at radius 2 is 2.04 bits per heavy atom. The molecule has 1 heterocycles. The fourth-order valence-electron chi connectivity index (χ4n) is 2.58. The average molecular weight is 501 g/mol. The number of halogens is 2. The molecule has 2 atom stereocenters. The molecule has 2 N–H and O–H groups in total. The Morgan fingerprint density at radius 1 is 1.25 bits per heavy atom. The van der Waals surface area contributed by atoms with Crippen LogP contribution >= 0.6 is 39.9 Å². The highest BCUT2D eigenvalue weighted by Crippen LogP contribution is 2.40. The van der Waals surface area contributed by atoms with E-state index in [2.05, 4.69) is 67.7 Å². The second-order valence-electron chi connectivity index (χ2n) is 5.66. The lowest BCUT2D eigenvalue weighted by Gasteiger charge is -2.11. The van der Waals surface area contributed by atoms with Gasteiger partial charge in [0.2, 0.25) is 0 Å². The number of hydrogen-bond acceptors (Lipinski definition) is 2. The van der Waals surface area contributed by atoms with Crippen LogP contribution in [0.25, 0.3) is 0 Å². The third-order valence-corrected chi connectivity index (χ3v) is 4.41. The average Bonchev–Trinajstić information content (AvgIpc) is 3.34. The number of hydrogen-bond donors (Lipinski definition) is 2.